The average molecular weight is 421 g/mol. The maximum atomic E-state index is 11.4. The second-order valence-corrected chi connectivity index (χ2v) is 6.90. The zero-order valence-electron chi connectivity index (χ0n) is 17.7. The molecule has 1 aliphatic rings. The summed E-state index contributed by atoms with van der Waals surface area (Å²) in [6.45, 7) is 1.48. The van der Waals surface area contributed by atoms with Gasteiger partial charge in [-0.3, -0.25) is 4.79 Å². The van der Waals surface area contributed by atoms with Gasteiger partial charge in [0.1, 0.15) is 12.4 Å². The molecule has 0 radical (unpaired) electrons. The number of allylic oxidation sites excluding steroid dienone is 1. The monoisotopic (exact) mass is 421 g/mol. The van der Waals surface area contributed by atoms with Crippen LogP contribution in [-0.2, 0) is 4.79 Å². The molecule has 0 fully saturated rings. The van der Waals surface area contributed by atoms with Gasteiger partial charge in [-0.05, 0) is 41.5 Å². The number of nitrogens with one attached hydrogen (secondary N) is 2. The van der Waals surface area contributed by atoms with Gasteiger partial charge in [0.2, 0.25) is 17.6 Å². The first-order valence-corrected chi connectivity index (χ1v) is 9.60. The summed E-state index contributed by atoms with van der Waals surface area (Å²) in [6, 6.07) is 11.1. The number of benzene rings is 2. The molecule has 2 heterocycles. The molecule has 1 amide bonds. The van der Waals surface area contributed by atoms with E-state index in [1.165, 1.54) is 13.3 Å². The van der Waals surface area contributed by atoms with Crippen LogP contribution < -0.4 is 24.8 Å². The van der Waals surface area contributed by atoms with E-state index >= 15 is 0 Å². The van der Waals surface area contributed by atoms with E-state index in [1.54, 1.807) is 26.0 Å². The Labute approximate surface area is 179 Å². The van der Waals surface area contributed by atoms with Crippen molar-refractivity contribution in [2.75, 3.05) is 32.0 Å². The minimum Gasteiger partial charge on any atom is -0.493 e. The van der Waals surface area contributed by atoms with E-state index in [2.05, 4.69) is 20.7 Å². The number of hydrogen-bond donors (Lipinski definition) is 2. The Morgan fingerprint density at radius 1 is 1.10 bits per heavy atom. The summed E-state index contributed by atoms with van der Waals surface area (Å²) in [5.41, 5.74) is 3.34. The van der Waals surface area contributed by atoms with Crippen molar-refractivity contribution in [2.24, 2.45) is 0 Å². The van der Waals surface area contributed by atoms with E-state index in [1.807, 2.05) is 42.5 Å². The molecule has 160 valence electrons. The Morgan fingerprint density at radius 2 is 1.84 bits per heavy atom. The Kier molecular flexibility index (Phi) is 5.48. The normalized spacial score (nSPS) is 14.7. The lowest BCUT2D eigenvalue weighted by Crippen LogP contribution is -2.20. The third kappa shape index (κ3) is 3.89. The molecular weight excluding hydrogens is 398 g/mol. The molecule has 0 aliphatic carbocycles. The van der Waals surface area contributed by atoms with Gasteiger partial charge < -0.3 is 24.8 Å². The van der Waals surface area contributed by atoms with Gasteiger partial charge in [0, 0.05) is 18.3 Å². The number of aromatic nitrogens is 3. The second kappa shape index (κ2) is 8.39. The lowest BCUT2D eigenvalue weighted by Gasteiger charge is -2.25. The van der Waals surface area contributed by atoms with E-state index in [9.17, 15) is 4.79 Å². The molecule has 0 bridgehead atoms. The first-order chi connectivity index (χ1) is 15.0. The number of ether oxygens (including phenoxy) is 3. The van der Waals surface area contributed by atoms with Crippen LogP contribution >= 0.6 is 0 Å². The zero-order chi connectivity index (χ0) is 22.0. The summed E-state index contributed by atoms with van der Waals surface area (Å²) in [7, 11) is 4.73. The predicted molar refractivity (Wildman–Crippen MR) is 117 cm³/mol. The van der Waals surface area contributed by atoms with Gasteiger partial charge in [0.25, 0.3) is 0 Å². The molecule has 0 saturated carbocycles. The van der Waals surface area contributed by atoms with Crippen molar-refractivity contribution in [3.05, 3.63) is 59.9 Å². The van der Waals surface area contributed by atoms with Crippen LogP contribution in [0.4, 0.5) is 11.6 Å². The molecule has 31 heavy (non-hydrogen) atoms. The molecule has 0 spiro atoms. The number of rotatable bonds is 6. The SMILES string of the molecule is COc1cc([C@H]2C=C(c3cccc(NC(C)=O)c3)Nc3ncnn32)cc(OC)c1OC. The Hall–Kier alpha value is -4.01. The summed E-state index contributed by atoms with van der Waals surface area (Å²) in [5.74, 6) is 2.10. The molecule has 1 aliphatic heterocycles. The van der Waals surface area contributed by atoms with Crippen LogP contribution in [0.2, 0.25) is 0 Å². The quantitative estimate of drug-likeness (QED) is 0.630. The minimum atomic E-state index is -0.271. The van der Waals surface area contributed by atoms with Crippen molar-refractivity contribution in [3.63, 3.8) is 0 Å². The summed E-state index contributed by atoms with van der Waals surface area (Å²) in [4.78, 5) is 15.8. The highest BCUT2D eigenvalue weighted by Crippen LogP contribution is 2.42. The molecule has 4 rings (SSSR count). The molecule has 2 N–H and O–H groups in total. The van der Waals surface area contributed by atoms with Crippen molar-refractivity contribution in [1.29, 1.82) is 0 Å². The summed E-state index contributed by atoms with van der Waals surface area (Å²) in [5, 5.41) is 10.5. The highest BCUT2D eigenvalue weighted by atomic mass is 16.5. The van der Waals surface area contributed by atoms with E-state index < -0.39 is 0 Å². The molecule has 0 saturated heterocycles. The third-order valence-electron chi connectivity index (χ3n) is 4.93. The van der Waals surface area contributed by atoms with Crippen LogP contribution in [0, 0.1) is 0 Å². The lowest BCUT2D eigenvalue weighted by atomic mass is 10.0. The molecular formula is C22H23N5O4. The highest BCUT2D eigenvalue weighted by Gasteiger charge is 2.26. The van der Waals surface area contributed by atoms with Crippen LogP contribution in [0.25, 0.3) is 5.70 Å². The van der Waals surface area contributed by atoms with Crippen LogP contribution in [0.3, 0.4) is 0 Å². The fourth-order valence-corrected chi connectivity index (χ4v) is 3.58. The maximum absolute atomic E-state index is 11.4. The van der Waals surface area contributed by atoms with E-state index in [0.29, 0.717) is 28.9 Å². The number of methoxy groups -OCH3 is 3. The smallest absolute Gasteiger partial charge is 0.226 e. The van der Waals surface area contributed by atoms with Gasteiger partial charge in [-0.25, -0.2) is 4.68 Å². The Bertz CT molecular complexity index is 1130. The fraction of sp³-hybridized carbons (Fsp3) is 0.227. The number of carbonyl (C=O) groups excluding carboxylic acids is 1. The van der Waals surface area contributed by atoms with Gasteiger partial charge >= 0.3 is 0 Å². The van der Waals surface area contributed by atoms with E-state index in [0.717, 1.165) is 16.8 Å². The predicted octanol–water partition coefficient (Wildman–Crippen LogP) is 3.32. The minimum absolute atomic E-state index is 0.127. The first-order valence-electron chi connectivity index (χ1n) is 9.60. The van der Waals surface area contributed by atoms with Crippen LogP contribution in [-0.4, -0.2) is 42.0 Å². The first kappa shape index (κ1) is 20.3. The molecule has 0 unspecified atom stereocenters. The van der Waals surface area contributed by atoms with Crippen LogP contribution in [0.15, 0.2) is 48.8 Å². The van der Waals surface area contributed by atoms with Gasteiger partial charge in [-0.1, -0.05) is 12.1 Å². The van der Waals surface area contributed by atoms with Gasteiger partial charge in [-0.15, -0.1) is 0 Å². The van der Waals surface area contributed by atoms with Gasteiger partial charge in [0.05, 0.1) is 21.3 Å². The van der Waals surface area contributed by atoms with Gasteiger partial charge in [0.15, 0.2) is 11.5 Å². The van der Waals surface area contributed by atoms with E-state index in [-0.39, 0.29) is 11.9 Å². The largest absolute Gasteiger partial charge is 0.493 e. The van der Waals surface area contributed by atoms with Crippen molar-refractivity contribution < 1.29 is 19.0 Å². The number of fused-ring (bicyclic) bond motifs is 1. The number of carbonyl (C=O) groups is 1. The number of amides is 1. The van der Waals surface area contributed by atoms with E-state index in [4.69, 9.17) is 14.2 Å². The molecule has 9 nitrogen and oxygen atoms in total. The number of anilines is 2. The zero-order valence-corrected chi connectivity index (χ0v) is 17.7. The van der Waals surface area contributed by atoms with Crippen LogP contribution in [0.5, 0.6) is 17.2 Å². The van der Waals surface area contributed by atoms with Crippen molar-refractivity contribution in [2.45, 2.75) is 13.0 Å². The second-order valence-electron chi connectivity index (χ2n) is 6.90. The molecule has 1 atom stereocenters. The van der Waals surface area contributed by atoms with Crippen LogP contribution in [0.1, 0.15) is 24.1 Å². The fourth-order valence-electron chi connectivity index (χ4n) is 3.58. The Balaban J connectivity index is 1.81. The average Bonchev–Trinajstić information content (AvgIpc) is 3.25. The van der Waals surface area contributed by atoms with Crippen molar-refractivity contribution in [3.8, 4) is 17.2 Å². The topological polar surface area (TPSA) is 99.5 Å². The van der Waals surface area contributed by atoms with Crippen molar-refractivity contribution in [1.82, 2.24) is 14.8 Å². The Morgan fingerprint density at radius 3 is 2.48 bits per heavy atom. The van der Waals surface area contributed by atoms with Gasteiger partial charge in [-0.2, -0.15) is 10.1 Å². The number of nitrogens with zero attached hydrogens (tertiary/aromatic N) is 3. The molecule has 1 aromatic heterocycles. The van der Waals surface area contributed by atoms with Crippen molar-refractivity contribution >= 4 is 23.2 Å². The number of hydrogen-bond acceptors (Lipinski definition) is 7. The molecule has 3 aromatic rings. The molecule has 2 aromatic carbocycles. The summed E-state index contributed by atoms with van der Waals surface area (Å²) >= 11 is 0. The highest BCUT2D eigenvalue weighted by molar-refractivity contribution is 5.89. The third-order valence-corrected chi connectivity index (χ3v) is 4.93. The standard InChI is InChI=1S/C22H23N5O4/c1-13(28)25-16-7-5-6-14(8-16)17-11-18(27-22(26-17)23-12-24-27)15-9-19(29-2)21(31-4)20(10-15)30-3/h5-12,18H,1-4H3,(H,25,28)(H,23,24,26)/t18-/m1/s1. The maximum Gasteiger partial charge on any atom is 0.226 e. The lowest BCUT2D eigenvalue weighted by molar-refractivity contribution is -0.114. The molecule has 9 heteroatoms. The summed E-state index contributed by atoms with van der Waals surface area (Å²) < 4.78 is 18.3. The summed E-state index contributed by atoms with van der Waals surface area (Å²) in [6.07, 6.45) is 3.53.